The van der Waals surface area contributed by atoms with Crippen molar-refractivity contribution in [3.8, 4) is 11.8 Å². The maximum atomic E-state index is 12.3. The van der Waals surface area contributed by atoms with E-state index in [1.54, 1.807) is 39.0 Å². The van der Waals surface area contributed by atoms with Crippen molar-refractivity contribution in [1.82, 2.24) is 9.78 Å². The Hall–Kier alpha value is -3.48. The number of rotatable bonds is 16. The molecule has 0 radical (unpaired) electrons. The highest BCUT2D eigenvalue weighted by molar-refractivity contribution is 7.86. The highest BCUT2D eigenvalue weighted by atomic mass is 35.5. The second kappa shape index (κ2) is 17.1. The monoisotopic (exact) mass is 820 g/mol. The first-order chi connectivity index (χ1) is 23.9. The zero-order chi connectivity index (χ0) is 39.2. The Labute approximate surface area is 312 Å². The summed E-state index contributed by atoms with van der Waals surface area (Å²) in [4.78, 5) is 11.7. The Kier molecular flexibility index (Phi) is 14.1. The van der Waals surface area contributed by atoms with Crippen molar-refractivity contribution in [1.29, 1.82) is 5.26 Å². The zero-order valence-electron chi connectivity index (χ0n) is 28.5. The number of anilines is 1. The molecule has 21 heteroatoms. The van der Waals surface area contributed by atoms with Crippen LogP contribution in [0, 0.1) is 11.3 Å². The molecule has 0 saturated heterocycles. The first-order valence-corrected chi connectivity index (χ1v) is 21.1. The van der Waals surface area contributed by atoms with Gasteiger partial charge < -0.3 is 5.32 Å². The molecule has 1 aromatic heterocycles. The lowest BCUT2D eigenvalue weighted by molar-refractivity contribution is -0.114. The molecule has 2 aromatic carbocycles. The number of benzene rings is 2. The zero-order valence-corrected chi connectivity index (χ0v) is 32.5. The SMILES string of the molecule is CC(=O)Nc1cc(C(CCCCS(=O)(=O)O)CCCCS(=O)(=O)O)ccc1N=Nc1c(C#N)c(C(C)(C)C)nn1-c1c(Cl)cc(S(=O)(=O)O)cc1Cl. The van der Waals surface area contributed by atoms with E-state index < -0.39 is 58.1 Å². The van der Waals surface area contributed by atoms with Crippen molar-refractivity contribution in [2.45, 2.75) is 82.4 Å². The molecule has 0 spiro atoms. The van der Waals surface area contributed by atoms with Gasteiger partial charge in [-0.15, -0.1) is 10.2 Å². The number of nitriles is 1. The highest BCUT2D eigenvalue weighted by Gasteiger charge is 2.30. The van der Waals surface area contributed by atoms with E-state index in [2.05, 4.69) is 26.7 Å². The van der Waals surface area contributed by atoms with Gasteiger partial charge in [0.05, 0.1) is 37.8 Å². The van der Waals surface area contributed by atoms with Gasteiger partial charge in [-0.05, 0) is 61.4 Å². The molecule has 0 unspecified atom stereocenters. The van der Waals surface area contributed by atoms with Crippen LogP contribution in [-0.2, 0) is 40.6 Å². The van der Waals surface area contributed by atoms with Crippen LogP contribution in [-0.4, -0.2) is 66.1 Å². The highest BCUT2D eigenvalue weighted by Crippen LogP contribution is 2.40. The van der Waals surface area contributed by atoms with Gasteiger partial charge in [0.2, 0.25) is 5.91 Å². The Balaban J connectivity index is 2.14. The summed E-state index contributed by atoms with van der Waals surface area (Å²) in [6, 6.07) is 8.87. The smallest absolute Gasteiger partial charge is 0.294 e. The van der Waals surface area contributed by atoms with Crippen LogP contribution in [0.2, 0.25) is 10.0 Å². The van der Waals surface area contributed by atoms with E-state index in [9.17, 15) is 39.9 Å². The van der Waals surface area contributed by atoms with E-state index in [0.29, 0.717) is 31.2 Å². The van der Waals surface area contributed by atoms with Gasteiger partial charge in [-0.3, -0.25) is 18.5 Å². The number of hydrogen-bond acceptors (Lipinski definition) is 11. The van der Waals surface area contributed by atoms with Gasteiger partial charge in [-0.2, -0.15) is 35.6 Å². The quantitative estimate of drug-likeness (QED) is 0.0637. The third kappa shape index (κ3) is 12.3. The molecule has 0 atom stereocenters. The Morgan fingerprint density at radius 1 is 0.923 bits per heavy atom. The molecule has 0 aliphatic heterocycles. The Morgan fingerprint density at radius 2 is 1.46 bits per heavy atom. The molecular weight excluding hydrogens is 783 g/mol. The van der Waals surface area contributed by atoms with E-state index in [1.165, 1.54) is 6.92 Å². The van der Waals surface area contributed by atoms with E-state index in [0.717, 1.165) is 16.8 Å². The summed E-state index contributed by atoms with van der Waals surface area (Å²) in [5.41, 5.74) is 0.547. The predicted molar refractivity (Wildman–Crippen MR) is 195 cm³/mol. The van der Waals surface area contributed by atoms with Gasteiger partial charge in [-0.1, -0.05) is 62.9 Å². The number of carbonyl (C=O) groups is 1. The van der Waals surface area contributed by atoms with Gasteiger partial charge in [0.15, 0.2) is 5.82 Å². The molecule has 1 amide bonds. The molecule has 16 nitrogen and oxygen atoms in total. The number of unbranched alkanes of at least 4 members (excludes halogenated alkanes) is 2. The van der Waals surface area contributed by atoms with Gasteiger partial charge in [0.25, 0.3) is 30.4 Å². The standard InChI is InChI=1S/C31H38Cl2N6O10S3/c1-19(40)35-27-15-21(20(9-5-7-13-50(41,42)43)10-6-8-14-51(44,45)46)11-12-26(27)36-37-30-23(18-34)29(31(2,3)4)38-39(30)28-24(32)16-22(17-25(28)33)52(47,48)49/h11-12,15-17,20H,5-10,13-14H2,1-4H3,(H,35,40)(H,41,42,43)(H,44,45,46)(H,47,48,49). The van der Waals surface area contributed by atoms with Crippen LogP contribution in [0.1, 0.15) is 89.0 Å². The molecule has 1 heterocycles. The topological polar surface area (TPSA) is 259 Å². The maximum absolute atomic E-state index is 12.3. The van der Waals surface area contributed by atoms with Crippen LogP contribution >= 0.6 is 23.2 Å². The van der Waals surface area contributed by atoms with Gasteiger partial charge >= 0.3 is 0 Å². The number of azo groups is 1. The summed E-state index contributed by atoms with van der Waals surface area (Å²) in [5.74, 6) is -1.71. The molecule has 0 saturated carbocycles. The Bertz CT molecular complexity index is 2170. The number of aromatic nitrogens is 2. The number of hydrogen-bond donors (Lipinski definition) is 4. The van der Waals surface area contributed by atoms with Gasteiger partial charge in [-0.25, -0.2) is 4.68 Å². The summed E-state index contributed by atoms with van der Waals surface area (Å²) in [5, 5.41) is 25.6. The number of halogens is 2. The molecule has 0 bridgehead atoms. The van der Waals surface area contributed by atoms with Crippen LogP contribution in [0.25, 0.3) is 5.69 Å². The van der Waals surface area contributed by atoms with Crippen LogP contribution in [0.4, 0.5) is 17.2 Å². The van der Waals surface area contributed by atoms with E-state index in [1.807, 2.05) is 0 Å². The third-order valence-electron chi connectivity index (χ3n) is 7.65. The van der Waals surface area contributed by atoms with Crippen molar-refractivity contribution in [2.24, 2.45) is 10.2 Å². The van der Waals surface area contributed by atoms with Crippen LogP contribution < -0.4 is 5.32 Å². The lowest BCUT2D eigenvalue weighted by Crippen LogP contribution is -2.14. The molecule has 0 aliphatic carbocycles. The lowest BCUT2D eigenvalue weighted by atomic mass is 9.88. The summed E-state index contributed by atoms with van der Waals surface area (Å²) < 4.78 is 97.3. The molecular formula is C31H38Cl2N6O10S3. The molecule has 0 fully saturated rings. The fourth-order valence-corrected chi connectivity index (χ4v) is 7.74. The minimum absolute atomic E-state index is 0.00483. The van der Waals surface area contributed by atoms with Crippen molar-refractivity contribution < 1.29 is 43.7 Å². The normalized spacial score (nSPS) is 12.8. The van der Waals surface area contributed by atoms with Crippen molar-refractivity contribution in [3.05, 3.63) is 57.2 Å². The summed E-state index contributed by atoms with van der Waals surface area (Å²) in [6.07, 6.45) is 2.02. The van der Waals surface area contributed by atoms with Crippen molar-refractivity contribution in [2.75, 3.05) is 16.8 Å². The first-order valence-electron chi connectivity index (χ1n) is 15.7. The van der Waals surface area contributed by atoms with Crippen LogP contribution in [0.5, 0.6) is 0 Å². The number of nitrogens with one attached hydrogen (secondary N) is 1. The van der Waals surface area contributed by atoms with Gasteiger partial charge in [0.1, 0.15) is 23.0 Å². The fraction of sp³-hybridized carbons (Fsp3) is 0.452. The molecule has 52 heavy (non-hydrogen) atoms. The average Bonchev–Trinajstić information content (AvgIpc) is 3.36. The molecule has 0 aliphatic rings. The van der Waals surface area contributed by atoms with E-state index in [4.69, 9.17) is 32.3 Å². The molecule has 284 valence electrons. The Morgan fingerprint density at radius 3 is 1.90 bits per heavy atom. The maximum Gasteiger partial charge on any atom is 0.294 e. The van der Waals surface area contributed by atoms with E-state index in [-0.39, 0.29) is 62.9 Å². The first kappa shape index (κ1) is 42.9. The molecule has 3 rings (SSSR count). The largest absolute Gasteiger partial charge is 0.324 e. The summed E-state index contributed by atoms with van der Waals surface area (Å²) in [7, 11) is -13.0. The number of carbonyl (C=O) groups excluding carboxylic acids is 1. The lowest BCUT2D eigenvalue weighted by Gasteiger charge is -2.19. The van der Waals surface area contributed by atoms with Crippen LogP contribution in [0.3, 0.4) is 0 Å². The minimum Gasteiger partial charge on any atom is -0.324 e. The van der Waals surface area contributed by atoms with Crippen LogP contribution in [0.15, 0.2) is 45.5 Å². The summed E-state index contributed by atoms with van der Waals surface area (Å²) in [6.45, 7) is 6.65. The molecule has 3 aromatic rings. The molecule has 4 N–H and O–H groups in total. The number of amides is 1. The number of nitrogens with zero attached hydrogens (tertiary/aromatic N) is 5. The second-order valence-corrected chi connectivity index (χ2v) is 18.3. The van der Waals surface area contributed by atoms with Gasteiger partial charge in [0, 0.05) is 12.3 Å². The fourth-order valence-electron chi connectivity index (χ4n) is 5.29. The summed E-state index contributed by atoms with van der Waals surface area (Å²) >= 11 is 12.9. The average molecular weight is 822 g/mol. The third-order valence-corrected chi connectivity index (χ3v) is 10.7. The van der Waals surface area contributed by atoms with Crippen molar-refractivity contribution in [3.63, 3.8) is 0 Å². The van der Waals surface area contributed by atoms with E-state index >= 15 is 0 Å². The predicted octanol–water partition coefficient (Wildman–Crippen LogP) is 7.17. The van der Waals surface area contributed by atoms with Crippen molar-refractivity contribution >= 4 is 76.7 Å². The minimum atomic E-state index is -4.68. The second-order valence-electron chi connectivity index (χ2n) is 12.9.